The van der Waals surface area contributed by atoms with Crippen LogP contribution in [0.3, 0.4) is 0 Å². The lowest BCUT2D eigenvalue weighted by atomic mass is 9.96. The summed E-state index contributed by atoms with van der Waals surface area (Å²) in [6.45, 7) is 0.673. The highest BCUT2D eigenvalue weighted by Crippen LogP contribution is 2.34. The number of benzene rings is 1. The number of rotatable bonds is 5. The Hall–Kier alpha value is -1.94. The number of aliphatic hydroxyl groups excluding tert-OH is 1. The maximum Gasteiger partial charge on any atom is 0.151 e. The smallest absolute Gasteiger partial charge is 0.151 e. The summed E-state index contributed by atoms with van der Waals surface area (Å²) in [4.78, 5) is 1.89. The topological polar surface area (TPSA) is 49.2 Å². The molecule has 1 N–H and O–H groups in total. The summed E-state index contributed by atoms with van der Waals surface area (Å²) in [6.07, 6.45) is 5.37. The van der Waals surface area contributed by atoms with Crippen molar-refractivity contribution >= 4 is 5.82 Å². The van der Waals surface area contributed by atoms with Gasteiger partial charge in [-0.3, -0.25) is 0 Å². The Bertz CT molecular complexity index is 589. The molecular weight excluding hydrogens is 274 g/mol. The number of aromatic nitrogens is 2. The summed E-state index contributed by atoms with van der Waals surface area (Å²) in [6, 6.07) is 12.7. The lowest BCUT2D eigenvalue weighted by molar-refractivity contribution is 0.303. The predicted octanol–water partition coefficient (Wildman–Crippen LogP) is 3.23. The average Bonchev–Trinajstić information content (AvgIpc) is 3.10. The molecule has 1 saturated carbocycles. The Labute approximate surface area is 131 Å². The zero-order valence-electron chi connectivity index (χ0n) is 13.1. The zero-order chi connectivity index (χ0) is 15.4. The summed E-state index contributed by atoms with van der Waals surface area (Å²) >= 11 is 0. The molecule has 0 radical (unpaired) electrons. The summed E-state index contributed by atoms with van der Waals surface area (Å²) in [5.74, 6) is 1.52. The van der Waals surface area contributed by atoms with Crippen LogP contribution >= 0.6 is 0 Å². The number of hydrogen-bond acceptors (Lipinski definition) is 4. The molecule has 1 heterocycles. The van der Waals surface area contributed by atoms with Crippen molar-refractivity contribution in [2.24, 2.45) is 0 Å². The van der Waals surface area contributed by atoms with Gasteiger partial charge in [-0.1, -0.05) is 37.1 Å². The van der Waals surface area contributed by atoms with Crippen LogP contribution in [-0.2, 0) is 0 Å². The normalized spacial score (nSPS) is 15.2. The molecule has 4 heteroatoms. The van der Waals surface area contributed by atoms with Crippen molar-refractivity contribution in [3.05, 3.63) is 42.0 Å². The minimum atomic E-state index is 0.114. The molecule has 1 fully saturated rings. The molecule has 0 amide bonds. The fourth-order valence-corrected chi connectivity index (χ4v) is 3.13. The molecule has 22 heavy (non-hydrogen) atoms. The van der Waals surface area contributed by atoms with Crippen molar-refractivity contribution in [2.75, 3.05) is 25.1 Å². The maximum atomic E-state index is 8.96. The van der Waals surface area contributed by atoms with E-state index < -0.39 is 0 Å². The number of nitrogens with zero attached hydrogens (tertiary/aromatic N) is 3. The highest BCUT2D eigenvalue weighted by Gasteiger charge is 2.16. The fourth-order valence-electron chi connectivity index (χ4n) is 3.13. The molecule has 0 saturated heterocycles. The fraction of sp³-hybridized carbons (Fsp3) is 0.444. The largest absolute Gasteiger partial charge is 0.395 e. The summed E-state index contributed by atoms with van der Waals surface area (Å²) in [5, 5.41) is 17.5. The highest BCUT2D eigenvalue weighted by molar-refractivity contribution is 5.60. The van der Waals surface area contributed by atoms with Gasteiger partial charge in [0, 0.05) is 19.2 Å². The Balaban J connectivity index is 1.73. The molecule has 1 aromatic heterocycles. The third-order valence-corrected chi connectivity index (χ3v) is 4.51. The molecule has 0 bridgehead atoms. The van der Waals surface area contributed by atoms with Gasteiger partial charge in [-0.2, -0.15) is 0 Å². The van der Waals surface area contributed by atoms with Crippen molar-refractivity contribution in [1.82, 2.24) is 10.2 Å². The van der Waals surface area contributed by atoms with E-state index in [1.54, 1.807) is 0 Å². The van der Waals surface area contributed by atoms with Gasteiger partial charge in [0.25, 0.3) is 0 Å². The Morgan fingerprint density at radius 2 is 1.77 bits per heavy atom. The van der Waals surface area contributed by atoms with Crippen LogP contribution in [0.5, 0.6) is 0 Å². The number of hydrogen-bond donors (Lipinski definition) is 1. The van der Waals surface area contributed by atoms with E-state index in [0.717, 1.165) is 23.0 Å². The van der Waals surface area contributed by atoms with Crippen LogP contribution < -0.4 is 4.90 Å². The Morgan fingerprint density at radius 1 is 1.05 bits per heavy atom. The second kappa shape index (κ2) is 6.88. The Kier molecular flexibility index (Phi) is 4.68. The molecule has 0 unspecified atom stereocenters. The van der Waals surface area contributed by atoms with Crippen LogP contribution in [0.1, 0.15) is 37.2 Å². The van der Waals surface area contributed by atoms with Gasteiger partial charge < -0.3 is 10.0 Å². The average molecular weight is 297 g/mol. The van der Waals surface area contributed by atoms with Gasteiger partial charge in [-0.15, -0.1) is 10.2 Å². The van der Waals surface area contributed by atoms with Crippen LogP contribution in [0.2, 0.25) is 0 Å². The van der Waals surface area contributed by atoms with Gasteiger partial charge in [0.05, 0.1) is 12.3 Å². The van der Waals surface area contributed by atoms with Crippen molar-refractivity contribution in [1.29, 1.82) is 0 Å². The van der Waals surface area contributed by atoms with Crippen LogP contribution in [0, 0.1) is 0 Å². The number of anilines is 1. The summed E-state index contributed by atoms with van der Waals surface area (Å²) in [5.41, 5.74) is 3.44. The van der Waals surface area contributed by atoms with E-state index in [4.69, 9.17) is 5.11 Å². The van der Waals surface area contributed by atoms with E-state index >= 15 is 0 Å². The molecule has 0 spiro atoms. The first-order valence-electron chi connectivity index (χ1n) is 8.04. The minimum Gasteiger partial charge on any atom is -0.395 e. The molecule has 1 aliphatic rings. The van der Waals surface area contributed by atoms with E-state index in [1.807, 2.05) is 24.1 Å². The first-order chi connectivity index (χ1) is 10.8. The van der Waals surface area contributed by atoms with E-state index in [1.165, 1.54) is 31.2 Å². The van der Waals surface area contributed by atoms with E-state index in [0.29, 0.717) is 6.54 Å². The van der Waals surface area contributed by atoms with Crippen LogP contribution in [0.4, 0.5) is 5.82 Å². The molecule has 4 nitrogen and oxygen atoms in total. The first-order valence-corrected chi connectivity index (χ1v) is 8.04. The molecule has 0 aliphatic heterocycles. The first kappa shape index (κ1) is 15.0. The van der Waals surface area contributed by atoms with Gasteiger partial charge in [0.1, 0.15) is 0 Å². The second-order valence-corrected chi connectivity index (χ2v) is 6.03. The van der Waals surface area contributed by atoms with Crippen molar-refractivity contribution in [3.63, 3.8) is 0 Å². The molecule has 2 aromatic rings. The van der Waals surface area contributed by atoms with Crippen molar-refractivity contribution in [2.45, 2.75) is 31.6 Å². The molecule has 116 valence electrons. The van der Waals surface area contributed by atoms with Crippen molar-refractivity contribution < 1.29 is 5.11 Å². The van der Waals surface area contributed by atoms with Gasteiger partial charge in [-0.25, -0.2) is 0 Å². The quantitative estimate of drug-likeness (QED) is 0.920. The Morgan fingerprint density at radius 3 is 2.36 bits per heavy atom. The van der Waals surface area contributed by atoms with Crippen LogP contribution in [-0.4, -0.2) is 35.5 Å². The maximum absolute atomic E-state index is 8.96. The minimum absolute atomic E-state index is 0.114. The van der Waals surface area contributed by atoms with Crippen LogP contribution in [0.15, 0.2) is 36.4 Å². The third kappa shape index (κ3) is 3.28. The van der Waals surface area contributed by atoms with E-state index in [2.05, 4.69) is 34.5 Å². The van der Waals surface area contributed by atoms with Gasteiger partial charge in [-0.05, 0) is 36.5 Å². The number of likely N-dealkylation sites (N-methyl/N-ethyl adjacent to an activating group) is 1. The molecule has 0 atom stereocenters. The standard InChI is InChI=1S/C18H23N3O/c1-21(12-13-22)18-11-10-17(19-20-18)16-8-6-15(7-9-16)14-4-2-3-5-14/h6-11,14,22H,2-5,12-13H2,1H3. The predicted molar refractivity (Wildman–Crippen MR) is 89.0 cm³/mol. The van der Waals surface area contributed by atoms with Gasteiger partial charge in [0.2, 0.25) is 0 Å². The van der Waals surface area contributed by atoms with Crippen molar-refractivity contribution in [3.8, 4) is 11.3 Å². The lowest BCUT2D eigenvalue weighted by Gasteiger charge is -2.16. The van der Waals surface area contributed by atoms with Gasteiger partial charge >= 0.3 is 0 Å². The zero-order valence-corrected chi connectivity index (χ0v) is 13.1. The van der Waals surface area contributed by atoms with Crippen LogP contribution in [0.25, 0.3) is 11.3 Å². The summed E-state index contributed by atoms with van der Waals surface area (Å²) in [7, 11) is 1.90. The molecular formula is C18H23N3O. The monoisotopic (exact) mass is 297 g/mol. The van der Waals surface area contributed by atoms with Gasteiger partial charge in [0.15, 0.2) is 5.82 Å². The third-order valence-electron chi connectivity index (χ3n) is 4.51. The van der Waals surface area contributed by atoms with E-state index in [-0.39, 0.29) is 6.61 Å². The lowest BCUT2D eigenvalue weighted by Crippen LogP contribution is -2.22. The summed E-state index contributed by atoms with van der Waals surface area (Å²) < 4.78 is 0. The SMILES string of the molecule is CN(CCO)c1ccc(-c2ccc(C3CCCC3)cc2)nn1. The second-order valence-electron chi connectivity index (χ2n) is 6.03. The number of aliphatic hydroxyl groups is 1. The molecule has 1 aliphatic carbocycles. The molecule has 3 rings (SSSR count). The highest BCUT2D eigenvalue weighted by atomic mass is 16.3. The van der Waals surface area contributed by atoms with E-state index in [9.17, 15) is 0 Å². The molecule has 1 aromatic carbocycles.